The van der Waals surface area contributed by atoms with Gasteiger partial charge in [0, 0.05) is 13.5 Å². The molecule has 1 aliphatic heterocycles. The van der Waals surface area contributed by atoms with Gasteiger partial charge in [0.05, 0.1) is 42.8 Å². The number of amides is 2. The number of ether oxygens (including phenoxy) is 2. The second-order valence-electron chi connectivity index (χ2n) is 9.88. The molecule has 0 unspecified atom stereocenters. The van der Waals surface area contributed by atoms with Crippen LogP contribution in [-0.2, 0) is 25.5 Å². The lowest BCUT2D eigenvalue weighted by Crippen LogP contribution is -2.38. The highest BCUT2D eigenvalue weighted by molar-refractivity contribution is 5.91. The molecule has 8 nitrogen and oxygen atoms in total. The Bertz CT molecular complexity index is 1380. The highest BCUT2D eigenvalue weighted by Crippen LogP contribution is 2.33. The number of carbonyl (C=O) groups is 3. The zero-order chi connectivity index (χ0) is 28.5. The summed E-state index contributed by atoms with van der Waals surface area (Å²) in [6.45, 7) is 2.20. The number of anilines is 1. The average molecular weight is 540 g/mol. The molecule has 2 amide bonds. The van der Waals surface area contributed by atoms with Crippen molar-refractivity contribution < 1.29 is 23.9 Å². The number of carbonyl (C=O) groups excluding carboxylic acids is 3. The molecule has 0 aliphatic carbocycles. The number of aryl methyl sites for hydroxylation is 1. The lowest BCUT2D eigenvalue weighted by molar-refractivity contribution is -0.144. The number of likely N-dealkylation sites (tertiary alicyclic amines) is 1. The van der Waals surface area contributed by atoms with E-state index in [1.807, 2.05) is 47.4 Å². The minimum atomic E-state index is -0.452. The first-order chi connectivity index (χ1) is 19.4. The summed E-state index contributed by atoms with van der Waals surface area (Å²) in [6.07, 6.45) is 2.15. The van der Waals surface area contributed by atoms with Crippen LogP contribution in [0.4, 0.5) is 5.69 Å². The van der Waals surface area contributed by atoms with Crippen LogP contribution in [0.2, 0.25) is 0 Å². The number of rotatable bonds is 11. The maximum atomic E-state index is 13.3. The summed E-state index contributed by atoms with van der Waals surface area (Å²) >= 11 is 0. The van der Waals surface area contributed by atoms with Gasteiger partial charge in [0.2, 0.25) is 11.8 Å². The third kappa shape index (κ3) is 7.26. The fourth-order valence-corrected chi connectivity index (χ4v) is 5.02. The van der Waals surface area contributed by atoms with Crippen molar-refractivity contribution in [2.24, 2.45) is 5.92 Å². The Morgan fingerprint density at radius 1 is 1.05 bits per heavy atom. The van der Waals surface area contributed by atoms with Gasteiger partial charge in [-0.1, -0.05) is 48.5 Å². The minimum Gasteiger partial charge on any atom is -0.489 e. The summed E-state index contributed by atoms with van der Waals surface area (Å²) in [6, 6.07) is 24.7. The van der Waals surface area contributed by atoms with E-state index < -0.39 is 11.9 Å². The smallest absolute Gasteiger partial charge is 0.306 e. The Balaban J connectivity index is 1.49. The Morgan fingerprint density at radius 3 is 2.45 bits per heavy atom. The van der Waals surface area contributed by atoms with Crippen LogP contribution in [0, 0.1) is 17.2 Å². The van der Waals surface area contributed by atoms with Crippen LogP contribution >= 0.6 is 0 Å². The van der Waals surface area contributed by atoms with Crippen molar-refractivity contribution in [3.63, 3.8) is 0 Å². The number of methoxy groups -OCH3 is 1. The molecule has 1 aliphatic rings. The van der Waals surface area contributed by atoms with Crippen molar-refractivity contribution in [1.82, 2.24) is 4.90 Å². The molecule has 8 heteroatoms. The minimum absolute atomic E-state index is 0.0391. The van der Waals surface area contributed by atoms with Crippen LogP contribution < -0.4 is 10.1 Å². The Hall–Kier alpha value is -4.64. The van der Waals surface area contributed by atoms with Gasteiger partial charge in [-0.15, -0.1) is 0 Å². The number of nitrogens with one attached hydrogen (secondary N) is 1. The first-order valence-electron chi connectivity index (χ1n) is 13.3. The van der Waals surface area contributed by atoms with E-state index in [1.165, 1.54) is 19.6 Å². The molecule has 206 valence electrons. The Labute approximate surface area is 234 Å². The van der Waals surface area contributed by atoms with Crippen molar-refractivity contribution in [3.05, 3.63) is 83.9 Å². The van der Waals surface area contributed by atoms with Gasteiger partial charge >= 0.3 is 5.97 Å². The lowest BCUT2D eigenvalue weighted by atomic mass is 10.0. The monoisotopic (exact) mass is 539 g/mol. The van der Waals surface area contributed by atoms with E-state index in [4.69, 9.17) is 14.7 Å². The summed E-state index contributed by atoms with van der Waals surface area (Å²) in [4.78, 5) is 39.0. The lowest BCUT2D eigenvalue weighted by Gasteiger charge is -2.25. The molecule has 0 spiro atoms. The molecular formula is C32H33N3O5. The number of hydrogen-bond donors (Lipinski definition) is 1. The summed E-state index contributed by atoms with van der Waals surface area (Å²) in [7, 11) is 1.32. The molecule has 2 atom stereocenters. The quantitative estimate of drug-likeness (QED) is 0.345. The molecule has 3 aromatic carbocycles. The van der Waals surface area contributed by atoms with Gasteiger partial charge < -0.3 is 19.7 Å². The van der Waals surface area contributed by atoms with Crippen LogP contribution in [0.3, 0.4) is 0 Å². The summed E-state index contributed by atoms with van der Waals surface area (Å²) in [5, 5.41) is 11.9. The number of nitriles is 1. The van der Waals surface area contributed by atoms with Crippen molar-refractivity contribution in [2.75, 3.05) is 25.6 Å². The van der Waals surface area contributed by atoms with E-state index in [1.54, 1.807) is 18.2 Å². The number of benzene rings is 3. The summed E-state index contributed by atoms with van der Waals surface area (Å²) in [5.41, 5.74) is 4.04. The predicted octanol–water partition coefficient (Wildman–Crippen LogP) is 4.98. The second-order valence-corrected chi connectivity index (χ2v) is 9.88. The van der Waals surface area contributed by atoms with Crippen molar-refractivity contribution in [3.8, 4) is 22.9 Å². The normalized spacial score (nSPS) is 16.3. The maximum Gasteiger partial charge on any atom is 0.306 e. The van der Waals surface area contributed by atoms with E-state index >= 15 is 0 Å². The predicted molar refractivity (Wildman–Crippen MR) is 151 cm³/mol. The van der Waals surface area contributed by atoms with E-state index in [0.29, 0.717) is 30.0 Å². The van der Waals surface area contributed by atoms with Crippen molar-refractivity contribution in [2.45, 2.75) is 38.6 Å². The van der Waals surface area contributed by atoms with E-state index in [-0.39, 0.29) is 30.9 Å². The molecule has 1 heterocycles. The Kier molecular flexibility index (Phi) is 9.53. The molecule has 40 heavy (non-hydrogen) atoms. The summed E-state index contributed by atoms with van der Waals surface area (Å²) < 4.78 is 11.0. The molecule has 1 N–H and O–H groups in total. The maximum absolute atomic E-state index is 13.3. The van der Waals surface area contributed by atoms with Gasteiger partial charge in [0.1, 0.15) is 12.4 Å². The summed E-state index contributed by atoms with van der Waals surface area (Å²) in [5.74, 6) is -0.675. The molecule has 1 saturated heterocycles. The molecule has 0 aromatic heterocycles. The van der Waals surface area contributed by atoms with Crippen LogP contribution in [0.15, 0.2) is 72.8 Å². The van der Waals surface area contributed by atoms with Crippen LogP contribution in [0.5, 0.6) is 5.75 Å². The molecule has 1 fully saturated rings. The van der Waals surface area contributed by atoms with Gasteiger partial charge in [-0.05, 0) is 60.2 Å². The van der Waals surface area contributed by atoms with Crippen LogP contribution in [0.25, 0.3) is 11.1 Å². The zero-order valence-electron chi connectivity index (χ0n) is 22.8. The largest absolute Gasteiger partial charge is 0.489 e. The molecular weight excluding hydrogens is 506 g/mol. The molecule has 0 saturated carbocycles. The molecule has 0 bridgehead atoms. The van der Waals surface area contributed by atoms with Gasteiger partial charge in [-0.3, -0.25) is 14.4 Å². The average Bonchev–Trinajstić information content (AvgIpc) is 3.26. The zero-order valence-corrected chi connectivity index (χ0v) is 22.8. The van der Waals surface area contributed by atoms with E-state index in [0.717, 1.165) is 24.0 Å². The third-order valence-corrected chi connectivity index (χ3v) is 7.05. The van der Waals surface area contributed by atoms with Gasteiger partial charge in [0.15, 0.2) is 0 Å². The van der Waals surface area contributed by atoms with Crippen molar-refractivity contribution in [1.29, 1.82) is 5.26 Å². The highest BCUT2D eigenvalue weighted by Gasteiger charge is 2.40. The van der Waals surface area contributed by atoms with Gasteiger partial charge in [-0.25, -0.2) is 0 Å². The van der Waals surface area contributed by atoms with Crippen LogP contribution in [-0.4, -0.2) is 49.0 Å². The molecule has 4 rings (SSSR count). The van der Waals surface area contributed by atoms with Crippen LogP contribution in [0.1, 0.15) is 37.3 Å². The van der Waals surface area contributed by atoms with E-state index in [2.05, 4.69) is 23.5 Å². The topological polar surface area (TPSA) is 109 Å². The van der Waals surface area contributed by atoms with Crippen molar-refractivity contribution >= 4 is 23.5 Å². The SMILES string of the molecule is COC(=O)C[C@@H]1C[C@@H](COc2ccc(-c3ccc(C#N)cc3)cc2NC(C)=O)N(CCCc2ccccc2)C1=O. The van der Waals surface area contributed by atoms with Gasteiger partial charge in [0.25, 0.3) is 0 Å². The first kappa shape index (κ1) is 28.4. The van der Waals surface area contributed by atoms with Gasteiger partial charge in [-0.2, -0.15) is 5.26 Å². The van der Waals surface area contributed by atoms with E-state index in [9.17, 15) is 14.4 Å². The Morgan fingerprint density at radius 2 is 1.77 bits per heavy atom. The standard InChI is InChI=1S/C32H33N3O5/c1-22(36)34-29-18-26(25-12-10-24(20-33)11-13-25)14-15-30(29)40-21-28-17-27(19-31(37)39-2)32(38)35(28)16-6-9-23-7-4-3-5-8-23/h3-5,7-8,10-15,18,27-28H,6,9,16-17,19,21H2,1-2H3,(H,34,36)/t27-,28-/m0/s1. The highest BCUT2D eigenvalue weighted by atomic mass is 16.5. The second kappa shape index (κ2) is 13.4. The fourth-order valence-electron chi connectivity index (χ4n) is 5.02. The fraction of sp³-hybridized carbons (Fsp3) is 0.312. The molecule has 3 aromatic rings. The first-order valence-corrected chi connectivity index (χ1v) is 13.3. The number of esters is 1. The third-order valence-electron chi connectivity index (χ3n) is 7.05. The number of hydrogen-bond acceptors (Lipinski definition) is 6. The molecule has 0 radical (unpaired) electrons. The number of nitrogens with zero attached hydrogens (tertiary/aromatic N) is 2.